The first-order valence-corrected chi connectivity index (χ1v) is 5.57. The lowest BCUT2D eigenvalue weighted by molar-refractivity contribution is -0.115. The van der Waals surface area contributed by atoms with E-state index in [9.17, 15) is 4.79 Å². The van der Waals surface area contributed by atoms with Crippen LogP contribution in [0.4, 0.5) is 5.69 Å². The highest BCUT2D eigenvalue weighted by Gasteiger charge is 2.04. The van der Waals surface area contributed by atoms with E-state index < -0.39 is 0 Å². The number of pyridine rings is 1. The molecule has 0 unspecified atom stereocenters. The van der Waals surface area contributed by atoms with Crippen molar-refractivity contribution in [3.05, 3.63) is 59.4 Å². The van der Waals surface area contributed by atoms with Crippen LogP contribution in [0.3, 0.4) is 0 Å². The number of hydrogen-bond acceptors (Lipinski definition) is 2. The minimum absolute atomic E-state index is 0.0916. The van der Waals surface area contributed by atoms with E-state index in [1.807, 2.05) is 18.2 Å². The summed E-state index contributed by atoms with van der Waals surface area (Å²) in [5.74, 6) is -0.0916. The van der Waals surface area contributed by atoms with Crippen LogP contribution in [0.1, 0.15) is 5.69 Å². The monoisotopic (exact) mass is 246 g/mol. The van der Waals surface area contributed by atoms with Crippen molar-refractivity contribution in [3.63, 3.8) is 0 Å². The Balaban J connectivity index is 1.96. The van der Waals surface area contributed by atoms with Gasteiger partial charge in [0, 0.05) is 22.6 Å². The molecule has 1 N–H and O–H groups in total. The Morgan fingerprint density at radius 1 is 1.18 bits per heavy atom. The van der Waals surface area contributed by atoms with Gasteiger partial charge in [0.05, 0.1) is 6.42 Å². The molecule has 1 aromatic carbocycles. The molecule has 0 saturated carbocycles. The molecule has 0 fully saturated rings. The number of benzene rings is 1. The molecular weight excluding hydrogens is 236 g/mol. The number of rotatable bonds is 3. The largest absolute Gasteiger partial charge is 0.326 e. The minimum Gasteiger partial charge on any atom is -0.326 e. The average molecular weight is 247 g/mol. The third-order valence-electron chi connectivity index (χ3n) is 2.20. The summed E-state index contributed by atoms with van der Waals surface area (Å²) in [5, 5.41) is 3.43. The van der Waals surface area contributed by atoms with E-state index in [2.05, 4.69) is 10.3 Å². The summed E-state index contributed by atoms with van der Waals surface area (Å²) in [6.45, 7) is 0. The first-order chi connectivity index (χ1) is 8.24. The molecule has 2 rings (SSSR count). The van der Waals surface area contributed by atoms with Gasteiger partial charge in [-0.05, 0) is 36.4 Å². The van der Waals surface area contributed by atoms with Crippen molar-refractivity contribution >= 4 is 23.2 Å². The Labute approximate surface area is 104 Å². The maximum absolute atomic E-state index is 11.7. The van der Waals surface area contributed by atoms with E-state index in [1.54, 1.807) is 30.5 Å². The minimum atomic E-state index is -0.0916. The highest BCUT2D eigenvalue weighted by molar-refractivity contribution is 6.30. The number of halogens is 1. The highest BCUT2D eigenvalue weighted by atomic mass is 35.5. The predicted molar refractivity (Wildman–Crippen MR) is 68.0 cm³/mol. The van der Waals surface area contributed by atoms with Gasteiger partial charge in [0.1, 0.15) is 0 Å². The van der Waals surface area contributed by atoms with Crippen molar-refractivity contribution in [1.82, 2.24) is 4.98 Å². The topological polar surface area (TPSA) is 42.0 Å². The standard InChI is InChI=1S/C13H11ClN2O/c14-10-4-6-11(7-5-10)16-13(17)9-12-3-1-2-8-15-12/h1-8H,9H2,(H,16,17). The van der Waals surface area contributed by atoms with E-state index in [0.717, 1.165) is 11.4 Å². The Morgan fingerprint density at radius 3 is 2.59 bits per heavy atom. The molecule has 0 radical (unpaired) electrons. The third kappa shape index (κ3) is 3.57. The van der Waals surface area contributed by atoms with Gasteiger partial charge in [-0.3, -0.25) is 9.78 Å². The van der Waals surface area contributed by atoms with Gasteiger partial charge in [0.25, 0.3) is 0 Å². The van der Waals surface area contributed by atoms with Gasteiger partial charge in [0.15, 0.2) is 0 Å². The molecule has 3 nitrogen and oxygen atoms in total. The molecule has 0 aliphatic rings. The molecular formula is C13H11ClN2O. The van der Waals surface area contributed by atoms with E-state index in [1.165, 1.54) is 0 Å². The quantitative estimate of drug-likeness (QED) is 0.905. The fourth-order valence-corrected chi connectivity index (χ4v) is 1.53. The van der Waals surface area contributed by atoms with Crippen LogP contribution in [-0.4, -0.2) is 10.9 Å². The van der Waals surface area contributed by atoms with Gasteiger partial charge in [-0.1, -0.05) is 17.7 Å². The highest BCUT2D eigenvalue weighted by Crippen LogP contribution is 2.13. The first kappa shape index (κ1) is 11.6. The Hall–Kier alpha value is -1.87. The second-order valence-electron chi connectivity index (χ2n) is 3.55. The molecule has 0 bridgehead atoms. The Kier molecular flexibility index (Phi) is 3.73. The van der Waals surface area contributed by atoms with Crippen molar-refractivity contribution in [3.8, 4) is 0 Å². The van der Waals surface area contributed by atoms with Crippen molar-refractivity contribution in [2.45, 2.75) is 6.42 Å². The van der Waals surface area contributed by atoms with Crippen LogP contribution >= 0.6 is 11.6 Å². The second-order valence-corrected chi connectivity index (χ2v) is 3.99. The molecule has 0 aliphatic carbocycles. The number of amides is 1. The van der Waals surface area contributed by atoms with Crippen molar-refractivity contribution in [1.29, 1.82) is 0 Å². The third-order valence-corrected chi connectivity index (χ3v) is 2.45. The lowest BCUT2D eigenvalue weighted by Crippen LogP contribution is -2.14. The fourth-order valence-electron chi connectivity index (χ4n) is 1.41. The second kappa shape index (κ2) is 5.46. The smallest absolute Gasteiger partial charge is 0.230 e. The number of carbonyl (C=O) groups excluding carboxylic acids is 1. The van der Waals surface area contributed by atoms with Crippen LogP contribution in [0.2, 0.25) is 5.02 Å². The number of anilines is 1. The number of aromatic nitrogens is 1. The van der Waals surface area contributed by atoms with Crippen LogP contribution in [0, 0.1) is 0 Å². The summed E-state index contributed by atoms with van der Waals surface area (Å²) < 4.78 is 0. The Morgan fingerprint density at radius 2 is 1.94 bits per heavy atom. The molecule has 0 spiro atoms. The number of nitrogens with one attached hydrogen (secondary N) is 1. The van der Waals surface area contributed by atoms with E-state index >= 15 is 0 Å². The van der Waals surface area contributed by atoms with E-state index in [-0.39, 0.29) is 12.3 Å². The summed E-state index contributed by atoms with van der Waals surface area (Å²) in [4.78, 5) is 15.8. The average Bonchev–Trinajstić information content (AvgIpc) is 2.33. The van der Waals surface area contributed by atoms with Gasteiger partial charge in [-0.2, -0.15) is 0 Å². The summed E-state index contributed by atoms with van der Waals surface area (Å²) >= 11 is 5.76. The molecule has 17 heavy (non-hydrogen) atoms. The molecule has 0 aliphatic heterocycles. The van der Waals surface area contributed by atoms with Crippen LogP contribution in [0.15, 0.2) is 48.7 Å². The first-order valence-electron chi connectivity index (χ1n) is 5.19. The maximum atomic E-state index is 11.7. The SMILES string of the molecule is O=C(Cc1ccccn1)Nc1ccc(Cl)cc1. The maximum Gasteiger partial charge on any atom is 0.230 e. The van der Waals surface area contributed by atoms with Crippen LogP contribution < -0.4 is 5.32 Å². The normalized spacial score (nSPS) is 9.94. The summed E-state index contributed by atoms with van der Waals surface area (Å²) in [7, 11) is 0. The van der Waals surface area contributed by atoms with Gasteiger partial charge >= 0.3 is 0 Å². The van der Waals surface area contributed by atoms with Gasteiger partial charge in [-0.25, -0.2) is 0 Å². The molecule has 86 valence electrons. The van der Waals surface area contributed by atoms with Crippen molar-refractivity contribution in [2.24, 2.45) is 0 Å². The van der Waals surface area contributed by atoms with Gasteiger partial charge < -0.3 is 5.32 Å². The zero-order valence-corrected chi connectivity index (χ0v) is 9.82. The van der Waals surface area contributed by atoms with Crippen LogP contribution in [0.5, 0.6) is 0 Å². The van der Waals surface area contributed by atoms with Crippen molar-refractivity contribution in [2.75, 3.05) is 5.32 Å². The molecule has 2 aromatic rings. The summed E-state index contributed by atoms with van der Waals surface area (Å²) in [5.41, 5.74) is 1.48. The molecule has 1 heterocycles. The van der Waals surface area contributed by atoms with Crippen LogP contribution in [0.25, 0.3) is 0 Å². The molecule has 0 atom stereocenters. The fraction of sp³-hybridized carbons (Fsp3) is 0.0769. The number of carbonyl (C=O) groups is 1. The van der Waals surface area contributed by atoms with E-state index in [4.69, 9.17) is 11.6 Å². The molecule has 4 heteroatoms. The summed E-state index contributed by atoms with van der Waals surface area (Å²) in [6.07, 6.45) is 1.94. The Bertz CT molecular complexity index is 497. The molecule has 1 amide bonds. The molecule has 0 saturated heterocycles. The zero-order chi connectivity index (χ0) is 12.1. The number of hydrogen-bond donors (Lipinski definition) is 1. The lowest BCUT2D eigenvalue weighted by atomic mass is 10.2. The van der Waals surface area contributed by atoms with Gasteiger partial charge in [-0.15, -0.1) is 0 Å². The van der Waals surface area contributed by atoms with Crippen LogP contribution in [-0.2, 0) is 11.2 Å². The predicted octanol–water partition coefficient (Wildman–Crippen LogP) is 2.92. The van der Waals surface area contributed by atoms with Crippen molar-refractivity contribution < 1.29 is 4.79 Å². The summed E-state index contributed by atoms with van der Waals surface area (Å²) in [6, 6.07) is 12.5. The van der Waals surface area contributed by atoms with Gasteiger partial charge in [0.2, 0.25) is 5.91 Å². The number of nitrogens with zero attached hydrogens (tertiary/aromatic N) is 1. The lowest BCUT2D eigenvalue weighted by Gasteiger charge is -2.04. The zero-order valence-electron chi connectivity index (χ0n) is 9.06. The molecule has 1 aromatic heterocycles. The van der Waals surface area contributed by atoms with E-state index in [0.29, 0.717) is 5.02 Å².